The number of hydrogen-bond acceptors (Lipinski definition) is 7. The summed E-state index contributed by atoms with van der Waals surface area (Å²) in [5.74, 6) is 1.05. The Morgan fingerprint density at radius 3 is 2.52 bits per heavy atom. The van der Waals surface area contributed by atoms with E-state index in [1.165, 1.54) is 5.56 Å². The first-order chi connectivity index (χ1) is 19.4. The molecule has 3 aromatic rings. The topological polar surface area (TPSA) is 126 Å². The fraction of sp³-hybridized carbons (Fsp3) is 0.333. The number of hydrogen-bond donors (Lipinski definition) is 3. The van der Waals surface area contributed by atoms with Crippen LogP contribution in [0.3, 0.4) is 0 Å². The minimum atomic E-state index is -0.565. The van der Waals surface area contributed by atoms with Gasteiger partial charge in [0.15, 0.2) is 0 Å². The van der Waals surface area contributed by atoms with Crippen LogP contribution >= 0.6 is 11.3 Å². The van der Waals surface area contributed by atoms with Crippen LogP contribution < -0.4 is 21.1 Å². The maximum absolute atomic E-state index is 13.3. The molecule has 2 aliphatic rings. The zero-order valence-electron chi connectivity index (χ0n) is 22.4. The molecule has 0 spiro atoms. The normalized spacial score (nSPS) is 18.0. The Morgan fingerprint density at radius 2 is 1.80 bits per heavy atom. The van der Waals surface area contributed by atoms with Gasteiger partial charge in [0.2, 0.25) is 11.8 Å². The van der Waals surface area contributed by atoms with Crippen molar-refractivity contribution >= 4 is 34.9 Å². The first-order valence-electron chi connectivity index (χ1n) is 13.5. The molecular weight excluding hydrogens is 526 g/mol. The number of carbonyl (C=O) groups excluding carboxylic acids is 3. The summed E-state index contributed by atoms with van der Waals surface area (Å²) in [7, 11) is 0. The van der Waals surface area contributed by atoms with E-state index in [0.29, 0.717) is 42.4 Å². The summed E-state index contributed by atoms with van der Waals surface area (Å²) in [5, 5.41) is 5.72. The Balaban J connectivity index is 1.15. The zero-order chi connectivity index (χ0) is 28.1. The zero-order valence-corrected chi connectivity index (χ0v) is 23.2. The van der Waals surface area contributed by atoms with Gasteiger partial charge in [-0.05, 0) is 73.7 Å². The van der Waals surface area contributed by atoms with E-state index in [1.54, 1.807) is 40.5 Å². The molecule has 208 valence electrons. The lowest BCUT2D eigenvalue weighted by molar-refractivity contribution is -0.139. The molecule has 10 heteroatoms. The van der Waals surface area contributed by atoms with Gasteiger partial charge in [-0.2, -0.15) is 0 Å². The second-order valence-corrected chi connectivity index (χ2v) is 11.0. The van der Waals surface area contributed by atoms with Crippen molar-refractivity contribution in [2.24, 2.45) is 10.7 Å². The maximum atomic E-state index is 13.3. The van der Waals surface area contributed by atoms with Crippen LogP contribution in [0.2, 0.25) is 0 Å². The number of nitrogens with one attached hydrogen (secondary N) is 2. The molecule has 0 bridgehead atoms. The molecule has 1 saturated heterocycles. The summed E-state index contributed by atoms with van der Waals surface area (Å²) < 4.78 is 5.77. The number of thiophene rings is 1. The molecule has 2 aromatic carbocycles. The lowest BCUT2D eigenvalue weighted by Crippen LogP contribution is -2.51. The number of rotatable bonds is 9. The van der Waals surface area contributed by atoms with E-state index in [1.807, 2.05) is 37.3 Å². The Hall–Kier alpha value is -4.18. The Morgan fingerprint density at radius 1 is 1.05 bits per heavy atom. The molecule has 1 aromatic heterocycles. The lowest BCUT2D eigenvalue weighted by atomic mass is 10.1. The van der Waals surface area contributed by atoms with Crippen LogP contribution in [0, 0.1) is 0 Å². The number of aliphatic imine (C=N–C) groups is 1. The van der Waals surface area contributed by atoms with Crippen LogP contribution in [0.4, 0.5) is 0 Å². The summed E-state index contributed by atoms with van der Waals surface area (Å²) >= 11 is 1.54. The van der Waals surface area contributed by atoms with Crippen molar-refractivity contribution in [1.29, 1.82) is 0 Å². The van der Waals surface area contributed by atoms with Crippen molar-refractivity contribution in [2.45, 2.75) is 51.2 Å². The first kappa shape index (κ1) is 27.4. The Bertz CT molecular complexity index is 1400. The minimum absolute atomic E-state index is 0.0420. The summed E-state index contributed by atoms with van der Waals surface area (Å²) in [4.78, 5) is 47.1. The highest BCUT2D eigenvalue weighted by atomic mass is 32.1. The molecule has 4 N–H and O–H groups in total. The molecule has 0 aliphatic carbocycles. The SMILES string of the molecule is CCC1CCC(C(=O)NCc2cc3c(s2)C(N)=NCC3)N1C(=O)CNC(=O)c1ccc(Oc2ccccc2)cc1. The van der Waals surface area contributed by atoms with Crippen molar-refractivity contribution in [1.82, 2.24) is 15.5 Å². The van der Waals surface area contributed by atoms with Gasteiger partial charge in [-0.15, -0.1) is 11.3 Å². The van der Waals surface area contributed by atoms with E-state index in [4.69, 9.17) is 10.5 Å². The van der Waals surface area contributed by atoms with Crippen molar-refractivity contribution in [2.75, 3.05) is 13.1 Å². The minimum Gasteiger partial charge on any atom is -0.457 e. The molecule has 40 heavy (non-hydrogen) atoms. The van der Waals surface area contributed by atoms with Gasteiger partial charge in [0.1, 0.15) is 23.4 Å². The quantitative estimate of drug-likeness (QED) is 0.369. The summed E-state index contributed by atoms with van der Waals surface area (Å²) in [6.07, 6.45) is 2.92. The third kappa shape index (κ3) is 6.17. The number of nitrogens with zero attached hydrogens (tertiary/aromatic N) is 2. The molecule has 3 heterocycles. The van der Waals surface area contributed by atoms with Crippen LogP contribution in [-0.4, -0.2) is 53.6 Å². The van der Waals surface area contributed by atoms with Gasteiger partial charge in [-0.3, -0.25) is 19.4 Å². The van der Waals surface area contributed by atoms with E-state index >= 15 is 0 Å². The first-order valence-corrected chi connectivity index (χ1v) is 14.4. The predicted molar refractivity (Wildman–Crippen MR) is 155 cm³/mol. The molecule has 0 radical (unpaired) electrons. The van der Waals surface area contributed by atoms with Crippen LogP contribution in [0.1, 0.15) is 51.9 Å². The molecule has 2 aliphatic heterocycles. The average molecular weight is 560 g/mol. The van der Waals surface area contributed by atoms with Gasteiger partial charge in [0.25, 0.3) is 5.91 Å². The van der Waals surface area contributed by atoms with Crippen LogP contribution in [0.5, 0.6) is 11.5 Å². The lowest BCUT2D eigenvalue weighted by Gasteiger charge is -2.29. The summed E-state index contributed by atoms with van der Waals surface area (Å²) in [6, 6.07) is 17.6. The van der Waals surface area contributed by atoms with Crippen molar-refractivity contribution < 1.29 is 19.1 Å². The average Bonchev–Trinajstić information content (AvgIpc) is 3.60. The predicted octanol–water partition coefficient (Wildman–Crippen LogP) is 3.62. The molecule has 9 nitrogen and oxygen atoms in total. The Kier molecular flexibility index (Phi) is 8.45. The van der Waals surface area contributed by atoms with Crippen LogP contribution in [0.15, 0.2) is 65.7 Å². The fourth-order valence-electron chi connectivity index (χ4n) is 5.20. The van der Waals surface area contributed by atoms with Gasteiger partial charge < -0.3 is 26.0 Å². The van der Waals surface area contributed by atoms with Crippen LogP contribution in [-0.2, 0) is 22.6 Å². The number of benzene rings is 2. The second-order valence-electron chi connectivity index (χ2n) is 9.88. The number of ether oxygens (including phenoxy) is 1. The highest BCUT2D eigenvalue weighted by Gasteiger charge is 2.39. The molecule has 5 rings (SSSR count). The van der Waals surface area contributed by atoms with E-state index in [-0.39, 0.29) is 30.3 Å². The largest absolute Gasteiger partial charge is 0.457 e. The Labute approximate surface area is 237 Å². The molecular formula is C30H33N5O4S. The number of carbonyl (C=O) groups is 3. The number of para-hydroxylation sites is 1. The number of amides is 3. The van der Waals surface area contributed by atoms with Gasteiger partial charge in [-0.1, -0.05) is 25.1 Å². The summed E-state index contributed by atoms with van der Waals surface area (Å²) in [5.41, 5.74) is 7.60. The fourth-order valence-corrected chi connectivity index (χ4v) is 6.27. The number of amidine groups is 1. The van der Waals surface area contributed by atoms with Gasteiger partial charge >= 0.3 is 0 Å². The van der Waals surface area contributed by atoms with Crippen molar-refractivity contribution in [3.63, 3.8) is 0 Å². The third-order valence-corrected chi connectivity index (χ3v) is 8.45. The van der Waals surface area contributed by atoms with E-state index in [9.17, 15) is 14.4 Å². The molecule has 0 saturated carbocycles. The van der Waals surface area contributed by atoms with E-state index in [0.717, 1.165) is 29.0 Å². The van der Waals surface area contributed by atoms with E-state index in [2.05, 4.69) is 21.7 Å². The standard InChI is InChI=1S/C30H33N5O4S/c1-2-21-10-13-25(30(38)33-17-24-16-20-14-15-32-28(31)27(20)40-24)35(21)26(36)18-34-29(37)19-8-11-23(12-9-19)39-22-6-4-3-5-7-22/h3-9,11-12,16,21,25H,2,10,13-15,17-18H2,1H3,(H2,31,32)(H,33,38)(H,34,37). The highest BCUT2D eigenvalue weighted by molar-refractivity contribution is 7.14. The van der Waals surface area contributed by atoms with Gasteiger partial charge in [-0.25, -0.2) is 0 Å². The van der Waals surface area contributed by atoms with Gasteiger partial charge in [0, 0.05) is 23.0 Å². The summed E-state index contributed by atoms with van der Waals surface area (Å²) in [6.45, 7) is 2.88. The molecule has 3 amide bonds. The monoisotopic (exact) mass is 559 g/mol. The maximum Gasteiger partial charge on any atom is 0.251 e. The highest BCUT2D eigenvalue weighted by Crippen LogP contribution is 2.28. The molecule has 2 atom stereocenters. The number of likely N-dealkylation sites (tertiary alicyclic amines) is 1. The van der Waals surface area contributed by atoms with Crippen molar-refractivity contribution in [3.05, 3.63) is 81.5 Å². The number of fused-ring (bicyclic) bond motifs is 1. The smallest absolute Gasteiger partial charge is 0.251 e. The van der Waals surface area contributed by atoms with Crippen molar-refractivity contribution in [3.8, 4) is 11.5 Å². The molecule has 2 unspecified atom stereocenters. The molecule has 1 fully saturated rings. The second kappa shape index (κ2) is 12.3. The van der Waals surface area contributed by atoms with Crippen LogP contribution in [0.25, 0.3) is 0 Å². The van der Waals surface area contributed by atoms with E-state index < -0.39 is 6.04 Å². The third-order valence-electron chi connectivity index (χ3n) is 7.25. The van der Waals surface area contributed by atoms with Gasteiger partial charge in [0.05, 0.1) is 18.0 Å². The number of nitrogens with two attached hydrogens (primary N) is 1.